The van der Waals surface area contributed by atoms with Crippen LogP contribution in [0, 0.1) is 12.8 Å². The van der Waals surface area contributed by atoms with Gasteiger partial charge in [-0.3, -0.25) is 0 Å². The number of alkyl halides is 1. The molecule has 2 rings (SSSR count). The van der Waals surface area contributed by atoms with Crippen molar-refractivity contribution < 1.29 is 0 Å². The average molecular weight is 352 g/mol. The van der Waals surface area contributed by atoms with E-state index in [9.17, 15) is 0 Å². The van der Waals surface area contributed by atoms with Gasteiger partial charge in [-0.15, -0.1) is 0 Å². The number of halogens is 2. The summed E-state index contributed by atoms with van der Waals surface area (Å²) in [5, 5.41) is 0.790. The molecular formula is C18H20BrCl. The van der Waals surface area contributed by atoms with Crippen molar-refractivity contribution in [2.75, 3.05) is 0 Å². The second-order valence-corrected chi connectivity index (χ2v) is 7.06. The summed E-state index contributed by atoms with van der Waals surface area (Å²) in [6, 6.07) is 14.9. The fraction of sp³-hybridized carbons (Fsp3) is 0.333. The molecule has 20 heavy (non-hydrogen) atoms. The molecule has 2 aromatic rings. The van der Waals surface area contributed by atoms with Gasteiger partial charge in [0, 0.05) is 5.02 Å². The molecule has 0 spiro atoms. The topological polar surface area (TPSA) is 0 Å². The van der Waals surface area contributed by atoms with Gasteiger partial charge in [0.05, 0.1) is 4.83 Å². The molecule has 0 nitrogen and oxygen atoms in total. The van der Waals surface area contributed by atoms with Crippen LogP contribution in [-0.2, 0) is 6.42 Å². The first-order chi connectivity index (χ1) is 9.47. The number of rotatable bonds is 4. The van der Waals surface area contributed by atoms with Crippen molar-refractivity contribution in [1.82, 2.24) is 0 Å². The van der Waals surface area contributed by atoms with Gasteiger partial charge in [-0.05, 0) is 53.6 Å². The molecule has 0 radical (unpaired) electrons. The van der Waals surface area contributed by atoms with Crippen molar-refractivity contribution in [2.45, 2.75) is 32.0 Å². The molecule has 0 aliphatic carbocycles. The molecule has 2 heteroatoms. The Labute approximate surface area is 135 Å². The molecule has 0 N–H and O–H groups in total. The minimum Gasteiger partial charge on any atom is -0.0843 e. The molecule has 0 fully saturated rings. The van der Waals surface area contributed by atoms with E-state index < -0.39 is 0 Å². The first kappa shape index (κ1) is 15.6. The van der Waals surface area contributed by atoms with Gasteiger partial charge >= 0.3 is 0 Å². The smallest absolute Gasteiger partial charge is 0.0647 e. The van der Waals surface area contributed by atoms with E-state index in [1.54, 1.807) is 0 Å². The van der Waals surface area contributed by atoms with E-state index in [1.807, 2.05) is 12.1 Å². The maximum Gasteiger partial charge on any atom is 0.0647 e. The average Bonchev–Trinajstić information content (AvgIpc) is 2.38. The predicted octanol–water partition coefficient (Wildman–Crippen LogP) is 6.33. The fourth-order valence-electron chi connectivity index (χ4n) is 2.40. The second kappa shape index (κ2) is 6.78. The van der Waals surface area contributed by atoms with Crippen molar-refractivity contribution in [3.8, 4) is 0 Å². The monoisotopic (exact) mass is 350 g/mol. The third-order valence-corrected chi connectivity index (χ3v) is 4.68. The molecule has 0 bridgehead atoms. The molecule has 0 aliphatic rings. The first-order valence-corrected chi connectivity index (χ1v) is 8.25. The highest BCUT2D eigenvalue weighted by Gasteiger charge is 2.13. The van der Waals surface area contributed by atoms with Gasteiger partial charge in [-0.1, -0.05) is 71.7 Å². The van der Waals surface area contributed by atoms with Gasteiger partial charge in [0.15, 0.2) is 0 Å². The molecule has 106 valence electrons. The normalized spacial score (nSPS) is 12.7. The summed E-state index contributed by atoms with van der Waals surface area (Å²) < 4.78 is 0. The molecule has 2 aromatic carbocycles. The Bertz CT molecular complexity index is 572. The Balaban J connectivity index is 2.22. The first-order valence-electron chi connectivity index (χ1n) is 6.96. The molecule has 1 atom stereocenters. The van der Waals surface area contributed by atoms with Crippen LogP contribution >= 0.6 is 27.5 Å². The van der Waals surface area contributed by atoms with Crippen molar-refractivity contribution in [3.05, 3.63) is 69.7 Å². The van der Waals surface area contributed by atoms with Gasteiger partial charge in [-0.25, -0.2) is 0 Å². The zero-order valence-electron chi connectivity index (χ0n) is 12.2. The summed E-state index contributed by atoms with van der Waals surface area (Å²) in [6.07, 6.45) is 1.13. The number of benzene rings is 2. The molecule has 0 heterocycles. The maximum atomic E-state index is 6.02. The lowest BCUT2D eigenvalue weighted by Crippen LogP contribution is -1.98. The zero-order chi connectivity index (χ0) is 14.7. The van der Waals surface area contributed by atoms with Crippen LogP contribution in [-0.4, -0.2) is 0 Å². The lowest BCUT2D eigenvalue weighted by molar-refractivity contribution is 0.647. The van der Waals surface area contributed by atoms with Crippen molar-refractivity contribution in [2.24, 2.45) is 5.92 Å². The van der Waals surface area contributed by atoms with Gasteiger partial charge in [-0.2, -0.15) is 0 Å². The SMILES string of the molecule is Cc1cc(Cl)ccc1C(Br)c1ccc(CC(C)C)cc1. The molecule has 0 aromatic heterocycles. The summed E-state index contributed by atoms with van der Waals surface area (Å²) in [5.74, 6) is 0.694. The van der Waals surface area contributed by atoms with E-state index in [-0.39, 0.29) is 4.83 Å². The van der Waals surface area contributed by atoms with Crippen LogP contribution in [0.5, 0.6) is 0 Å². The van der Waals surface area contributed by atoms with Gasteiger partial charge in [0.1, 0.15) is 0 Å². The third-order valence-electron chi connectivity index (χ3n) is 3.42. The molecule has 0 saturated heterocycles. The maximum absolute atomic E-state index is 6.02. The molecular weight excluding hydrogens is 332 g/mol. The van der Waals surface area contributed by atoms with Crippen LogP contribution in [0.2, 0.25) is 5.02 Å². The van der Waals surface area contributed by atoms with Gasteiger partial charge in [0.25, 0.3) is 0 Å². The minimum absolute atomic E-state index is 0.216. The second-order valence-electron chi connectivity index (χ2n) is 5.70. The van der Waals surface area contributed by atoms with E-state index in [0.29, 0.717) is 5.92 Å². The van der Waals surface area contributed by atoms with Crippen molar-refractivity contribution >= 4 is 27.5 Å². The Morgan fingerprint density at radius 2 is 1.70 bits per heavy atom. The standard InChI is InChI=1S/C18H20BrCl/c1-12(2)10-14-4-6-15(7-5-14)18(19)17-9-8-16(20)11-13(17)3/h4-9,11-12,18H,10H2,1-3H3. The van der Waals surface area contributed by atoms with Crippen LogP contribution in [0.1, 0.15) is 40.9 Å². The van der Waals surface area contributed by atoms with E-state index >= 15 is 0 Å². The van der Waals surface area contributed by atoms with Gasteiger partial charge < -0.3 is 0 Å². The van der Waals surface area contributed by atoms with Crippen LogP contribution < -0.4 is 0 Å². The highest BCUT2D eigenvalue weighted by Crippen LogP contribution is 2.34. The van der Waals surface area contributed by atoms with E-state index in [0.717, 1.165) is 11.4 Å². The predicted molar refractivity (Wildman–Crippen MR) is 91.9 cm³/mol. The quantitative estimate of drug-likeness (QED) is 0.564. The minimum atomic E-state index is 0.216. The van der Waals surface area contributed by atoms with Crippen LogP contribution in [0.25, 0.3) is 0 Å². The lowest BCUT2D eigenvalue weighted by atomic mass is 9.97. The molecule has 1 unspecified atom stereocenters. The van der Waals surface area contributed by atoms with Crippen LogP contribution in [0.15, 0.2) is 42.5 Å². The van der Waals surface area contributed by atoms with E-state index in [1.165, 1.54) is 22.3 Å². The highest BCUT2D eigenvalue weighted by molar-refractivity contribution is 9.09. The fourth-order valence-corrected chi connectivity index (χ4v) is 3.44. The van der Waals surface area contributed by atoms with Crippen molar-refractivity contribution in [1.29, 1.82) is 0 Å². The van der Waals surface area contributed by atoms with E-state index in [4.69, 9.17) is 11.6 Å². The summed E-state index contributed by atoms with van der Waals surface area (Å²) in [4.78, 5) is 0.216. The zero-order valence-corrected chi connectivity index (χ0v) is 14.5. The lowest BCUT2D eigenvalue weighted by Gasteiger charge is -2.15. The molecule has 0 aliphatic heterocycles. The number of hydrogen-bond acceptors (Lipinski definition) is 0. The molecule has 0 saturated carbocycles. The van der Waals surface area contributed by atoms with Gasteiger partial charge in [0.2, 0.25) is 0 Å². The van der Waals surface area contributed by atoms with Crippen LogP contribution in [0.3, 0.4) is 0 Å². The molecule has 0 amide bonds. The summed E-state index contributed by atoms with van der Waals surface area (Å²) in [6.45, 7) is 6.60. The summed E-state index contributed by atoms with van der Waals surface area (Å²) >= 11 is 9.82. The Kier molecular flexibility index (Phi) is 5.29. The van der Waals surface area contributed by atoms with E-state index in [2.05, 4.69) is 67.0 Å². The Morgan fingerprint density at radius 3 is 2.25 bits per heavy atom. The summed E-state index contributed by atoms with van der Waals surface area (Å²) in [7, 11) is 0. The number of hydrogen-bond donors (Lipinski definition) is 0. The largest absolute Gasteiger partial charge is 0.0843 e. The Morgan fingerprint density at radius 1 is 1.05 bits per heavy atom. The van der Waals surface area contributed by atoms with Crippen LogP contribution in [0.4, 0.5) is 0 Å². The Hall–Kier alpha value is -0.790. The highest BCUT2D eigenvalue weighted by atomic mass is 79.9. The number of aryl methyl sites for hydroxylation is 1. The third kappa shape index (κ3) is 3.86. The van der Waals surface area contributed by atoms with Crippen molar-refractivity contribution in [3.63, 3.8) is 0 Å². The summed E-state index contributed by atoms with van der Waals surface area (Å²) in [5.41, 5.74) is 5.16.